The van der Waals surface area contributed by atoms with Crippen molar-refractivity contribution in [1.29, 1.82) is 0 Å². The Balaban J connectivity index is 2.52. The van der Waals surface area contributed by atoms with E-state index in [2.05, 4.69) is 0 Å². The Labute approximate surface area is 108 Å². The lowest BCUT2D eigenvalue weighted by Gasteiger charge is -2.18. The predicted octanol–water partition coefficient (Wildman–Crippen LogP) is 3.39. The van der Waals surface area contributed by atoms with Crippen molar-refractivity contribution in [2.45, 2.75) is 45.6 Å². The number of ketones is 1. The van der Waals surface area contributed by atoms with E-state index in [1.165, 1.54) is 0 Å². The highest BCUT2D eigenvalue weighted by molar-refractivity contribution is 5.98. The molecule has 0 amide bonds. The molecule has 0 bridgehead atoms. The Morgan fingerprint density at radius 2 is 1.89 bits per heavy atom. The second-order valence-electron chi connectivity index (χ2n) is 4.92. The van der Waals surface area contributed by atoms with Crippen LogP contribution >= 0.6 is 0 Å². The first-order chi connectivity index (χ1) is 8.63. The van der Waals surface area contributed by atoms with Crippen molar-refractivity contribution in [3.05, 3.63) is 23.3 Å². The molecule has 0 aliphatic heterocycles. The van der Waals surface area contributed by atoms with Crippen LogP contribution in [-0.2, 0) is 6.42 Å². The van der Waals surface area contributed by atoms with E-state index in [4.69, 9.17) is 9.47 Å². The number of rotatable bonds is 3. The minimum atomic E-state index is 0.0729. The van der Waals surface area contributed by atoms with E-state index < -0.39 is 0 Å². The number of hydrogen-bond acceptors (Lipinski definition) is 3. The molecular formula is C15H20O3. The van der Waals surface area contributed by atoms with Gasteiger partial charge < -0.3 is 9.47 Å². The smallest absolute Gasteiger partial charge is 0.165 e. The monoisotopic (exact) mass is 248 g/mol. The number of fused-ring (bicyclic) bond motifs is 1. The molecule has 0 saturated carbocycles. The predicted molar refractivity (Wildman–Crippen MR) is 70.6 cm³/mol. The molecule has 1 aromatic carbocycles. The summed E-state index contributed by atoms with van der Waals surface area (Å²) < 4.78 is 11.2. The Morgan fingerprint density at radius 1 is 1.17 bits per heavy atom. The third kappa shape index (κ3) is 2.50. The van der Waals surface area contributed by atoms with Gasteiger partial charge in [0.2, 0.25) is 0 Å². The lowest BCUT2D eigenvalue weighted by molar-refractivity contribution is 0.0981. The van der Waals surface area contributed by atoms with Crippen molar-refractivity contribution < 1.29 is 14.3 Å². The summed E-state index contributed by atoms with van der Waals surface area (Å²) in [5.41, 5.74) is 1.83. The summed E-state index contributed by atoms with van der Waals surface area (Å²) in [4.78, 5) is 12.0. The molecule has 1 aliphatic carbocycles. The van der Waals surface area contributed by atoms with Crippen LogP contribution in [0.1, 0.15) is 49.0 Å². The van der Waals surface area contributed by atoms with E-state index >= 15 is 0 Å². The largest absolute Gasteiger partial charge is 0.493 e. The Bertz CT molecular complexity index is 449. The summed E-state index contributed by atoms with van der Waals surface area (Å²) in [6.07, 6.45) is 3.58. The van der Waals surface area contributed by atoms with Crippen molar-refractivity contribution in [2.75, 3.05) is 7.11 Å². The van der Waals surface area contributed by atoms with E-state index in [1.807, 2.05) is 26.0 Å². The average molecular weight is 248 g/mol. The van der Waals surface area contributed by atoms with Crippen LogP contribution in [0, 0.1) is 0 Å². The lowest BCUT2D eigenvalue weighted by atomic mass is 10.0. The first-order valence-electron chi connectivity index (χ1n) is 6.53. The van der Waals surface area contributed by atoms with Gasteiger partial charge in [0.15, 0.2) is 17.3 Å². The van der Waals surface area contributed by atoms with E-state index in [-0.39, 0.29) is 11.9 Å². The zero-order valence-electron chi connectivity index (χ0n) is 11.3. The Kier molecular flexibility index (Phi) is 3.90. The lowest BCUT2D eigenvalue weighted by Crippen LogP contribution is -2.11. The second-order valence-corrected chi connectivity index (χ2v) is 4.92. The van der Waals surface area contributed by atoms with Crippen LogP contribution in [0.25, 0.3) is 0 Å². The third-order valence-electron chi connectivity index (χ3n) is 3.18. The van der Waals surface area contributed by atoms with Crippen molar-refractivity contribution in [3.8, 4) is 11.5 Å². The second kappa shape index (κ2) is 5.42. The van der Waals surface area contributed by atoms with Crippen molar-refractivity contribution in [2.24, 2.45) is 0 Å². The molecule has 0 N–H and O–H groups in total. The minimum Gasteiger partial charge on any atom is -0.493 e. The minimum absolute atomic E-state index is 0.0729. The molecule has 0 spiro atoms. The van der Waals surface area contributed by atoms with Gasteiger partial charge in [-0.05, 0) is 45.2 Å². The maximum Gasteiger partial charge on any atom is 0.165 e. The summed E-state index contributed by atoms with van der Waals surface area (Å²) >= 11 is 0. The number of carbonyl (C=O) groups is 1. The average Bonchev–Trinajstić information content (AvgIpc) is 2.52. The van der Waals surface area contributed by atoms with Crippen molar-refractivity contribution in [1.82, 2.24) is 0 Å². The summed E-state index contributed by atoms with van der Waals surface area (Å²) in [6.45, 7) is 3.97. The molecule has 0 atom stereocenters. The van der Waals surface area contributed by atoms with Gasteiger partial charge in [0, 0.05) is 17.5 Å². The standard InChI is InChI=1S/C15H20O3/c1-10(2)18-15-12-6-4-5-7-13(16)11(12)8-9-14(15)17-3/h8-10H,4-7H2,1-3H3. The fourth-order valence-electron chi connectivity index (χ4n) is 2.36. The zero-order valence-corrected chi connectivity index (χ0v) is 11.3. The quantitative estimate of drug-likeness (QED) is 0.769. The number of Topliss-reactive ketones (excluding diaryl/α,β-unsaturated/α-hetero) is 1. The van der Waals surface area contributed by atoms with Crippen LogP contribution in [0.2, 0.25) is 0 Å². The first kappa shape index (κ1) is 12.9. The van der Waals surface area contributed by atoms with Crippen LogP contribution < -0.4 is 9.47 Å². The van der Waals surface area contributed by atoms with E-state index in [0.29, 0.717) is 6.42 Å². The highest BCUT2D eigenvalue weighted by Crippen LogP contribution is 2.37. The maximum absolute atomic E-state index is 12.0. The Hall–Kier alpha value is -1.51. The fourth-order valence-corrected chi connectivity index (χ4v) is 2.36. The van der Waals surface area contributed by atoms with Gasteiger partial charge in [-0.15, -0.1) is 0 Å². The van der Waals surface area contributed by atoms with Crippen LogP contribution in [-0.4, -0.2) is 19.0 Å². The van der Waals surface area contributed by atoms with E-state index in [9.17, 15) is 4.79 Å². The van der Waals surface area contributed by atoms with Gasteiger partial charge in [-0.1, -0.05) is 0 Å². The fraction of sp³-hybridized carbons (Fsp3) is 0.533. The van der Waals surface area contributed by atoms with Crippen LogP contribution in [0.3, 0.4) is 0 Å². The molecule has 1 aliphatic rings. The van der Waals surface area contributed by atoms with Gasteiger partial charge in [0.25, 0.3) is 0 Å². The molecule has 2 rings (SSSR count). The molecule has 0 radical (unpaired) electrons. The number of carbonyl (C=O) groups excluding carboxylic acids is 1. The molecule has 0 aromatic heterocycles. The van der Waals surface area contributed by atoms with Crippen LogP contribution in [0.15, 0.2) is 12.1 Å². The molecule has 0 fully saturated rings. The summed E-state index contributed by atoms with van der Waals surface area (Å²) in [7, 11) is 1.63. The zero-order chi connectivity index (χ0) is 13.1. The highest BCUT2D eigenvalue weighted by atomic mass is 16.5. The van der Waals surface area contributed by atoms with Crippen LogP contribution in [0.5, 0.6) is 11.5 Å². The molecule has 3 heteroatoms. The normalized spacial score (nSPS) is 15.2. The van der Waals surface area contributed by atoms with Crippen LogP contribution in [0.4, 0.5) is 0 Å². The van der Waals surface area contributed by atoms with Gasteiger partial charge in [-0.2, -0.15) is 0 Å². The molecule has 98 valence electrons. The topological polar surface area (TPSA) is 35.5 Å². The summed E-state index contributed by atoms with van der Waals surface area (Å²) in [5.74, 6) is 1.69. The third-order valence-corrected chi connectivity index (χ3v) is 3.18. The SMILES string of the molecule is COc1ccc2c(c1OC(C)C)CCCCC2=O. The van der Waals surface area contributed by atoms with E-state index in [0.717, 1.165) is 41.9 Å². The molecule has 0 heterocycles. The Morgan fingerprint density at radius 3 is 2.56 bits per heavy atom. The van der Waals surface area contributed by atoms with Crippen molar-refractivity contribution >= 4 is 5.78 Å². The molecule has 0 saturated heterocycles. The number of ether oxygens (including phenoxy) is 2. The molecule has 0 unspecified atom stereocenters. The van der Waals surface area contributed by atoms with Gasteiger partial charge in [0.05, 0.1) is 13.2 Å². The molecular weight excluding hydrogens is 228 g/mol. The number of benzene rings is 1. The summed E-state index contributed by atoms with van der Waals surface area (Å²) in [6, 6.07) is 3.70. The van der Waals surface area contributed by atoms with E-state index in [1.54, 1.807) is 7.11 Å². The van der Waals surface area contributed by atoms with Gasteiger partial charge in [0.1, 0.15) is 0 Å². The van der Waals surface area contributed by atoms with Gasteiger partial charge >= 0.3 is 0 Å². The molecule has 1 aromatic rings. The maximum atomic E-state index is 12.0. The van der Waals surface area contributed by atoms with Gasteiger partial charge in [-0.25, -0.2) is 0 Å². The summed E-state index contributed by atoms with van der Waals surface area (Å²) in [5, 5.41) is 0. The molecule has 18 heavy (non-hydrogen) atoms. The van der Waals surface area contributed by atoms with Gasteiger partial charge in [-0.3, -0.25) is 4.79 Å². The highest BCUT2D eigenvalue weighted by Gasteiger charge is 2.22. The van der Waals surface area contributed by atoms with Crippen molar-refractivity contribution in [3.63, 3.8) is 0 Å². The molecule has 3 nitrogen and oxygen atoms in total. The number of methoxy groups -OCH3 is 1. The first-order valence-corrected chi connectivity index (χ1v) is 6.53. The number of hydrogen-bond donors (Lipinski definition) is 0.